The summed E-state index contributed by atoms with van der Waals surface area (Å²) < 4.78 is 5.36. The smallest absolute Gasteiger partial charge is 0.270 e. The molecular formula is C18H21N3O2. The molecule has 2 aromatic rings. The minimum Gasteiger partial charge on any atom is -0.378 e. The molecule has 5 nitrogen and oxygen atoms in total. The van der Waals surface area contributed by atoms with Gasteiger partial charge in [-0.05, 0) is 24.6 Å². The zero-order chi connectivity index (χ0) is 16.1. The van der Waals surface area contributed by atoms with Crippen molar-refractivity contribution in [2.45, 2.75) is 13.5 Å². The molecular weight excluding hydrogens is 290 g/mol. The number of carbonyl (C=O) groups excluding carboxylic acids is 1. The first kappa shape index (κ1) is 15.5. The van der Waals surface area contributed by atoms with Gasteiger partial charge in [-0.3, -0.25) is 9.78 Å². The van der Waals surface area contributed by atoms with Crippen LogP contribution in [-0.4, -0.2) is 37.2 Å². The highest BCUT2D eigenvalue weighted by molar-refractivity contribution is 5.93. The highest BCUT2D eigenvalue weighted by Crippen LogP contribution is 2.16. The van der Waals surface area contributed by atoms with Crippen LogP contribution in [0.2, 0.25) is 0 Å². The number of aryl methyl sites for hydroxylation is 1. The van der Waals surface area contributed by atoms with Gasteiger partial charge in [-0.25, -0.2) is 0 Å². The van der Waals surface area contributed by atoms with Crippen molar-refractivity contribution in [1.82, 2.24) is 10.3 Å². The predicted molar refractivity (Wildman–Crippen MR) is 89.6 cm³/mol. The number of nitrogens with one attached hydrogen (secondary N) is 1. The van der Waals surface area contributed by atoms with Crippen LogP contribution in [0.5, 0.6) is 0 Å². The van der Waals surface area contributed by atoms with Crippen molar-refractivity contribution in [2.75, 3.05) is 31.2 Å². The van der Waals surface area contributed by atoms with Crippen LogP contribution >= 0.6 is 0 Å². The van der Waals surface area contributed by atoms with E-state index in [1.165, 1.54) is 5.56 Å². The molecule has 5 heteroatoms. The Morgan fingerprint density at radius 3 is 2.87 bits per heavy atom. The number of aromatic nitrogens is 1. The normalized spacial score (nSPS) is 14.6. The Bertz CT molecular complexity index is 681. The zero-order valence-electron chi connectivity index (χ0n) is 13.3. The van der Waals surface area contributed by atoms with Crippen molar-refractivity contribution in [2.24, 2.45) is 0 Å². The van der Waals surface area contributed by atoms with Crippen LogP contribution < -0.4 is 10.2 Å². The second-order valence-corrected chi connectivity index (χ2v) is 5.67. The van der Waals surface area contributed by atoms with Crippen molar-refractivity contribution in [3.05, 3.63) is 59.4 Å². The van der Waals surface area contributed by atoms with Gasteiger partial charge in [-0.2, -0.15) is 0 Å². The lowest BCUT2D eigenvalue weighted by Crippen LogP contribution is -2.36. The average Bonchev–Trinajstić information content (AvgIpc) is 2.61. The van der Waals surface area contributed by atoms with E-state index < -0.39 is 0 Å². The van der Waals surface area contributed by atoms with E-state index in [1.807, 2.05) is 37.3 Å². The molecule has 0 aliphatic carbocycles. The van der Waals surface area contributed by atoms with Crippen molar-refractivity contribution < 1.29 is 9.53 Å². The number of carbonyl (C=O) groups is 1. The van der Waals surface area contributed by atoms with Crippen molar-refractivity contribution in [3.63, 3.8) is 0 Å². The molecule has 1 amide bonds. The van der Waals surface area contributed by atoms with Crippen LogP contribution in [-0.2, 0) is 11.3 Å². The van der Waals surface area contributed by atoms with Crippen LogP contribution in [0.4, 0.5) is 5.69 Å². The van der Waals surface area contributed by atoms with E-state index >= 15 is 0 Å². The molecule has 2 heterocycles. The Kier molecular flexibility index (Phi) is 4.88. The Morgan fingerprint density at radius 2 is 2.09 bits per heavy atom. The van der Waals surface area contributed by atoms with Gasteiger partial charge in [0.25, 0.3) is 5.91 Å². The van der Waals surface area contributed by atoms with Crippen LogP contribution in [0.15, 0.2) is 42.6 Å². The first-order chi connectivity index (χ1) is 11.2. The Balaban J connectivity index is 1.65. The predicted octanol–water partition coefficient (Wildman–Crippen LogP) is 2.16. The van der Waals surface area contributed by atoms with E-state index in [4.69, 9.17) is 4.74 Å². The van der Waals surface area contributed by atoms with Gasteiger partial charge in [-0.1, -0.05) is 29.8 Å². The molecule has 120 valence electrons. The standard InChI is InChI=1S/C18H21N3O2/c1-14-3-2-4-15(11-14)13-20-18(22)17-12-16(5-6-19-17)21-7-9-23-10-8-21/h2-6,11-12H,7-10,13H2,1H3,(H,20,22). The molecule has 0 unspecified atom stereocenters. The molecule has 1 aliphatic heterocycles. The van der Waals surface area contributed by atoms with Gasteiger partial charge in [0.2, 0.25) is 0 Å². The number of amides is 1. The maximum Gasteiger partial charge on any atom is 0.270 e. The zero-order valence-corrected chi connectivity index (χ0v) is 13.3. The minimum atomic E-state index is -0.151. The Labute approximate surface area is 136 Å². The number of nitrogens with zero attached hydrogens (tertiary/aromatic N) is 2. The number of pyridine rings is 1. The lowest BCUT2D eigenvalue weighted by molar-refractivity contribution is 0.0946. The van der Waals surface area contributed by atoms with E-state index in [0.29, 0.717) is 12.2 Å². The van der Waals surface area contributed by atoms with Gasteiger partial charge in [0.05, 0.1) is 13.2 Å². The summed E-state index contributed by atoms with van der Waals surface area (Å²) in [5.41, 5.74) is 3.73. The third-order valence-corrected chi connectivity index (χ3v) is 3.89. The minimum absolute atomic E-state index is 0.151. The fourth-order valence-corrected chi connectivity index (χ4v) is 2.66. The quantitative estimate of drug-likeness (QED) is 0.940. The average molecular weight is 311 g/mol. The second kappa shape index (κ2) is 7.24. The lowest BCUT2D eigenvalue weighted by Gasteiger charge is -2.28. The molecule has 1 aromatic carbocycles. The molecule has 1 aromatic heterocycles. The molecule has 1 aliphatic rings. The molecule has 23 heavy (non-hydrogen) atoms. The van der Waals surface area contributed by atoms with E-state index in [-0.39, 0.29) is 5.91 Å². The molecule has 0 saturated carbocycles. The fraction of sp³-hybridized carbons (Fsp3) is 0.333. The Hall–Kier alpha value is -2.40. The van der Waals surface area contributed by atoms with Crippen molar-refractivity contribution >= 4 is 11.6 Å². The van der Waals surface area contributed by atoms with E-state index in [0.717, 1.165) is 37.6 Å². The van der Waals surface area contributed by atoms with Crippen molar-refractivity contribution in [1.29, 1.82) is 0 Å². The summed E-state index contributed by atoms with van der Waals surface area (Å²) in [6.07, 6.45) is 1.69. The van der Waals surface area contributed by atoms with Gasteiger partial charge in [0.1, 0.15) is 5.69 Å². The largest absolute Gasteiger partial charge is 0.378 e. The van der Waals surface area contributed by atoms with Gasteiger partial charge in [0, 0.05) is 31.5 Å². The lowest BCUT2D eigenvalue weighted by atomic mass is 10.1. The van der Waals surface area contributed by atoms with Gasteiger partial charge in [-0.15, -0.1) is 0 Å². The molecule has 1 saturated heterocycles. The highest BCUT2D eigenvalue weighted by Gasteiger charge is 2.14. The highest BCUT2D eigenvalue weighted by atomic mass is 16.5. The maximum absolute atomic E-state index is 12.3. The van der Waals surface area contributed by atoms with Crippen LogP contribution in [0, 0.1) is 6.92 Å². The van der Waals surface area contributed by atoms with Gasteiger partial charge < -0.3 is 15.0 Å². The summed E-state index contributed by atoms with van der Waals surface area (Å²) >= 11 is 0. The molecule has 1 N–H and O–H groups in total. The second-order valence-electron chi connectivity index (χ2n) is 5.67. The molecule has 1 fully saturated rings. The number of anilines is 1. The molecule has 0 spiro atoms. The van der Waals surface area contributed by atoms with Crippen LogP contribution in [0.3, 0.4) is 0 Å². The first-order valence-corrected chi connectivity index (χ1v) is 7.85. The number of benzene rings is 1. The van der Waals surface area contributed by atoms with Gasteiger partial charge >= 0.3 is 0 Å². The van der Waals surface area contributed by atoms with E-state index in [1.54, 1.807) is 6.20 Å². The first-order valence-electron chi connectivity index (χ1n) is 7.85. The summed E-state index contributed by atoms with van der Waals surface area (Å²) in [7, 11) is 0. The summed E-state index contributed by atoms with van der Waals surface area (Å²) in [6.45, 7) is 5.67. The van der Waals surface area contributed by atoms with E-state index in [2.05, 4.69) is 21.3 Å². The third-order valence-electron chi connectivity index (χ3n) is 3.89. The molecule has 0 radical (unpaired) electrons. The molecule has 0 atom stereocenters. The topological polar surface area (TPSA) is 54.5 Å². The number of hydrogen-bond acceptors (Lipinski definition) is 4. The SMILES string of the molecule is Cc1cccc(CNC(=O)c2cc(N3CCOCC3)ccn2)c1. The number of rotatable bonds is 4. The number of hydrogen-bond donors (Lipinski definition) is 1. The van der Waals surface area contributed by atoms with Crippen LogP contribution in [0.1, 0.15) is 21.6 Å². The summed E-state index contributed by atoms with van der Waals surface area (Å²) in [5, 5.41) is 2.93. The number of ether oxygens (including phenoxy) is 1. The molecule has 3 rings (SSSR count). The number of morpholine rings is 1. The summed E-state index contributed by atoms with van der Waals surface area (Å²) in [4.78, 5) is 18.7. The molecule has 0 bridgehead atoms. The third kappa shape index (κ3) is 4.07. The fourth-order valence-electron chi connectivity index (χ4n) is 2.66. The monoisotopic (exact) mass is 311 g/mol. The Morgan fingerprint density at radius 1 is 1.26 bits per heavy atom. The van der Waals surface area contributed by atoms with Crippen LogP contribution in [0.25, 0.3) is 0 Å². The summed E-state index contributed by atoms with van der Waals surface area (Å²) in [6, 6.07) is 11.9. The summed E-state index contributed by atoms with van der Waals surface area (Å²) in [5.74, 6) is -0.151. The van der Waals surface area contributed by atoms with Gasteiger partial charge in [0.15, 0.2) is 0 Å². The maximum atomic E-state index is 12.3. The van der Waals surface area contributed by atoms with Crippen molar-refractivity contribution in [3.8, 4) is 0 Å². The van der Waals surface area contributed by atoms with E-state index in [9.17, 15) is 4.79 Å².